The minimum atomic E-state index is -2.28. The Morgan fingerprint density at radius 1 is 1.06 bits per heavy atom. The van der Waals surface area contributed by atoms with Gasteiger partial charge in [0.25, 0.3) is 0 Å². The smallest absolute Gasteiger partial charge is 0.320 e. The van der Waals surface area contributed by atoms with E-state index >= 15 is 8.78 Å². The molecular formula is C38H45F3N4O4Si. The van der Waals surface area contributed by atoms with Crippen LogP contribution in [-0.4, -0.2) is 78.3 Å². The van der Waals surface area contributed by atoms with E-state index in [1.165, 1.54) is 19.4 Å². The third kappa shape index (κ3) is 6.28. The number of hydrogen-bond acceptors (Lipinski definition) is 8. The number of benzene rings is 2. The molecule has 4 aromatic rings. The van der Waals surface area contributed by atoms with Crippen molar-refractivity contribution in [2.75, 3.05) is 33.6 Å². The van der Waals surface area contributed by atoms with Gasteiger partial charge in [0.2, 0.25) is 5.88 Å². The first-order valence-electron chi connectivity index (χ1n) is 17.3. The molecule has 2 aliphatic heterocycles. The predicted octanol–water partition coefficient (Wildman–Crippen LogP) is 8.34. The van der Waals surface area contributed by atoms with Crippen LogP contribution in [0.2, 0.25) is 16.6 Å². The summed E-state index contributed by atoms with van der Waals surface area (Å²) in [6, 6.07) is 6.05. The highest BCUT2D eigenvalue weighted by Crippen LogP contribution is 2.43. The van der Waals surface area contributed by atoms with Crippen molar-refractivity contribution in [3.63, 3.8) is 0 Å². The molecule has 4 heterocycles. The molecule has 8 nitrogen and oxygen atoms in total. The van der Waals surface area contributed by atoms with E-state index in [2.05, 4.69) is 72.9 Å². The zero-order chi connectivity index (χ0) is 36.0. The molecule has 2 aromatic carbocycles. The van der Waals surface area contributed by atoms with E-state index < -0.39 is 37.3 Å². The molecule has 2 aromatic heterocycles. The molecule has 2 aliphatic rings. The van der Waals surface area contributed by atoms with Crippen molar-refractivity contribution in [3.8, 4) is 40.4 Å². The van der Waals surface area contributed by atoms with Gasteiger partial charge in [-0.2, -0.15) is 9.97 Å². The van der Waals surface area contributed by atoms with Gasteiger partial charge >= 0.3 is 6.01 Å². The van der Waals surface area contributed by atoms with Crippen molar-refractivity contribution < 1.29 is 32.5 Å². The number of aromatic hydroxyl groups is 1. The van der Waals surface area contributed by atoms with Crippen molar-refractivity contribution in [1.29, 1.82) is 0 Å². The molecule has 0 unspecified atom stereocenters. The minimum absolute atomic E-state index is 0.0205. The SMILES string of the molecule is COCOc1cc(-c2ncc3c(O)nc(OC[C@@]45CCCN4C[C@H](F)C5)nc3c2F)c2c(C#C[Si](C(C)C)(C(C)C)C(C)C)c(F)ccc2c1. The fourth-order valence-corrected chi connectivity index (χ4v) is 13.7. The average Bonchev–Trinajstić information content (AvgIpc) is 3.59. The lowest BCUT2D eigenvalue weighted by Gasteiger charge is -2.38. The van der Waals surface area contributed by atoms with Gasteiger partial charge in [-0.1, -0.05) is 53.5 Å². The molecule has 0 aliphatic carbocycles. The van der Waals surface area contributed by atoms with E-state index in [1.807, 2.05) is 0 Å². The van der Waals surface area contributed by atoms with Crippen LogP contribution in [0.3, 0.4) is 0 Å². The van der Waals surface area contributed by atoms with Crippen LogP contribution >= 0.6 is 0 Å². The second kappa shape index (κ2) is 14.0. The summed E-state index contributed by atoms with van der Waals surface area (Å²) in [4.78, 5) is 14.9. The van der Waals surface area contributed by atoms with Crippen LogP contribution in [0.4, 0.5) is 13.2 Å². The van der Waals surface area contributed by atoms with Crippen molar-refractivity contribution >= 4 is 29.7 Å². The number of halogens is 3. The van der Waals surface area contributed by atoms with Crippen LogP contribution in [0.5, 0.6) is 17.6 Å². The highest BCUT2D eigenvalue weighted by Gasteiger charge is 2.49. The van der Waals surface area contributed by atoms with Gasteiger partial charge in [0.15, 0.2) is 12.6 Å². The van der Waals surface area contributed by atoms with Crippen LogP contribution < -0.4 is 9.47 Å². The quantitative estimate of drug-likeness (QED) is 0.100. The van der Waals surface area contributed by atoms with Gasteiger partial charge in [-0.05, 0) is 59.6 Å². The minimum Gasteiger partial charge on any atom is -0.493 e. The molecular weight excluding hydrogens is 662 g/mol. The summed E-state index contributed by atoms with van der Waals surface area (Å²) in [6.45, 7) is 14.3. The second-order valence-corrected chi connectivity index (χ2v) is 20.1. The molecule has 0 bridgehead atoms. The number of aromatic nitrogens is 3. The van der Waals surface area contributed by atoms with Gasteiger partial charge < -0.3 is 19.3 Å². The van der Waals surface area contributed by atoms with Crippen molar-refractivity contribution in [1.82, 2.24) is 19.9 Å². The van der Waals surface area contributed by atoms with E-state index in [4.69, 9.17) is 14.2 Å². The maximum atomic E-state index is 16.8. The average molecular weight is 707 g/mol. The van der Waals surface area contributed by atoms with Crippen LogP contribution in [0.15, 0.2) is 30.5 Å². The number of alkyl halides is 1. The van der Waals surface area contributed by atoms with Crippen molar-refractivity contribution in [2.24, 2.45) is 0 Å². The van der Waals surface area contributed by atoms with E-state index in [0.717, 1.165) is 19.4 Å². The molecule has 0 amide bonds. The lowest BCUT2D eigenvalue weighted by Crippen LogP contribution is -2.43. The summed E-state index contributed by atoms with van der Waals surface area (Å²) < 4.78 is 63.9. The second-order valence-electron chi connectivity index (χ2n) is 14.6. The summed E-state index contributed by atoms with van der Waals surface area (Å²) in [5, 5.41) is 11.8. The molecule has 6 rings (SSSR count). The van der Waals surface area contributed by atoms with Gasteiger partial charge in [0, 0.05) is 37.2 Å². The lowest BCUT2D eigenvalue weighted by molar-refractivity contribution is 0.0512. The van der Waals surface area contributed by atoms with Gasteiger partial charge in [-0.25, -0.2) is 13.2 Å². The summed E-state index contributed by atoms with van der Waals surface area (Å²) in [6.07, 6.45) is 2.35. The van der Waals surface area contributed by atoms with Crippen LogP contribution in [0.25, 0.3) is 32.9 Å². The Hall–Kier alpha value is -3.92. The zero-order valence-electron chi connectivity index (χ0n) is 29.7. The molecule has 1 N–H and O–H groups in total. The molecule has 0 spiro atoms. The predicted molar refractivity (Wildman–Crippen MR) is 191 cm³/mol. The maximum Gasteiger partial charge on any atom is 0.320 e. The normalized spacial score (nSPS) is 19.5. The van der Waals surface area contributed by atoms with Crippen LogP contribution in [0, 0.1) is 23.1 Å². The Morgan fingerprint density at radius 3 is 2.50 bits per heavy atom. The number of fused-ring (bicyclic) bond motifs is 3. The topological polar surface area (TPSA) is 89.8 Å². The third-order valence-electron chi connectivity index (χ3n) is 10.8. The number of pyridine rings is 1. The fourth-order valence-electron chi connectivity index (χ4n) is 8.46. The first-order valence-corrected chi connectivity index (χ1v) is 19.5. The molecule has 50 heavy (non-hydrogen) atoms. The summed E-state index contributed by atoms with van der Waals surface area (Å²) in [5.74, 6) is 1.72. The Labute approximate surface area is 292 Å². The Balaban J connectivity index is 1.52. The standard InChI is InChI=1S/C38H45F3N4O4Si/c1-22(2)50(23(3)4,24(5)6)14-11-28-31(40)10-9-25-15-27(49-21-47-7)16-29(32(25)28)34-33(41)35-30(18-42-34)36(46)44-37(43-35)48-20-38-12-8-13-45(38)19-26(39)17-38/h9-10,15-16,18,22-24,26H,8,12-13,17,19-21H2,1-7H3,(H,43,44,46)/t26-,38+/m1/s1. The summed E-state index contributed by atoms with van der Waals surface area (Å²) >= 11 is 0. The number of ether oxygens (including phenoxy) is 3. The molecule has 266 valence electrons. The van der Waals surface area contributed by atoms with Crippen LogP contribution in [0.1, 0.15) is 66.4 Å². The Morgan fingerprint density at radius 2 is 1.80 bits per heavy atom. The van der Waals surface area contributed by atoms with E-state index in [0.29, 0.717) is 46.1 Å². The van der Waals surface area contributed by atoms with Crippen LogP contribution in [-0.2, 0) is 4.74 Å². The Kier molecular flexibility index (Phi) is 10.1. The highest BCUT2D eigenvalue weighted by molar-refractivity contribution is 6.90. The number of hydrogen-bond donors (Lipinski definition) is 1. The molecule has 2 saturated heterocycles. The molecule has 2 atom stereocenters. The van der Waals surface area contributed by atoms with Gasteiger partial charge in [-0.3, -0.25) is 9.88 Å². The lowest BCUT2D eigenvalue weighted by atomic mass is 9.95. The maximum absolute atomic E-state index is 16.8. The van der Waals surface area contributed by atoms with E-state index in [1.54, 1.807) is 18.2 Å². The van der Waals surface area contributed by atoms with Gasteiger partial charge in [0.05, 0.1) is 16.5 Å². The fraction of sp³-hybridized carbons (Fsp3) is 0.500. The molecule has 2 fully saturated rings. The third-order valence-corrected chi connectivity index (χ3v) is 17.1. The largest absolute Gasteiger partial charge is 0.493 e. The first-order chi connectivity index (χ1) is 23.8. The Bertz CT molecular complexity index is 1960. The van der Waals surface area contributed by atoms with Crippen molar-refractivity contribution in [2.45, 2.75) is 89.1 Å². The summed E-state index contributed by atoms with van der Waals surface area (Å²) in [7, 11) is -0.789. The zero-order valence-corrected chi connectivity index (χ0v) is 30.7. The number of methoxy groups -OCH3 is 1. The van der Waals surface area contributed by atoms with E-state index in [9.17, 15) is 9.50 Å². The van der Waals surface area contributed by atoms with Gasteiger partial charge in [0.1, 0.15) is 43.6 Å². The summed E-state index contributed by atoms with van der Waals surface area (Å²) in [5.41, 5.74) is 4.09. The van der Waals surface area contributed by atoms with Crippen molar-refractivity contribution in [3.05, 3.63) is 47.7 Å². The molecule has 12 heteroatoms. The van der Waals surface area contributed by atoms with E-state index in [-0.39, 0.29) is 47.1 Å². The monoisotopic (exact) mass is 706 g/mol. The number of nitrogens with zero attached hydrogens (tertiary/aromatic N) is 4. The number of rotatable bonds is 10. The first kappa shape index (κ1) is 35.9. The molecule has 0 radical (unpaired) electrons. The highest BCUT2D eigenvalue weighted by atomic mass is 28.3. The molecule has 0 saturated carbocycles. The van der Waals surface area contributed by atoms with Gasteiger partial charge in [-0.15, -0.1) is 5.54 Å².